The van der Waals surface area contributed by atoms with Gasteiger partial charge in [-0.1, -0.05) is 0 Å². The number of pyridine rings is 1. The van der Waals surface area contributed by atoms with Gasteiger partial charge in [-0.2, -0.15) is 0 Å². The maximum absolute atomic E-state index is 12.3. The van der Waals surface area contributed by atoms with E-state index < -0.39 is 10.0 Å². The Morgan fingerprint density at radius 3 is 2.85 bits per heavy atom. The van der Waals surface area contributed by atoms with E-state index >= 15 is 0 Å². The van der Waals surface area contributed by atoms with E-state index in [4.69, 9.17) is 5.84 Å². The van der Waals surface area contributed by atoms with Crippen molar-refractivity contribution in [2.75, 3.05) is 18.5 Å². The lowest BCUT2D eigenvalue weighted by atomic mass is 10.3. The molecule has 0 bridgehead atoms. The predicted octanol–water partition coefficient (Wildman–Crippen LogP) is -0.118. The molecule has 1 saturated carbocycles. The summed E-state index contributed by atoms with van der Waals surface area (Å²) in [6.07, 6.45) is 4.78. The minimum Gasteiger partial charge on any atom is -0.308 e. The average Bonchev–Trinajstić information content (AvgIpc) is 3.20. The van der Waals surface area contributed by atoms with Crippen molar-refractivity contribution in [3.05, 3.63) is 18.3 Å². The Bertz CT molecular complexity index is 587. The largest absolute Gasteiger partial charge is 0.308 e. The molecule has 1 aliphatic heterocycles. The number of hydrogen-bond acceptors (Lipinski definition) is 6. The summed E-state index contributed by atoms with van der Waals surface area (Å²) in [6.45, 7) is 1.78. The summed E-state index contributed by atoms with van der Waals surface area (Å²) in [5.74, 6) is 5.58. The molecule has 0 amide bonds. The van der Waals surface area contributed by atoms with E-state index in [1.165, 1.54) is 31.2 Å². The third-order valence-electron chi connectivity index (χ3n) is 3.79. The van der Waals surface area contributed by atoms with Gasteiger partial charge in [-0.25, -0.2) is 24.0 Å². The molecule has 1 aliphatic carbocycles. The van der Waals surface area contributed by atoms with Crippen LogP contribution in [0.4, 0.5) is 5.82 Å². The Labute approximate surface area is 118 Å². The maximum atomic E-state index is 12.3. The van der Waals surface area contributed by atoms with Gasteiger partial charge >= 0.3 is 0 Å². The second-order valence-electron chi connectivity index (χ2n) is 5.35. The molecule has 1 unspecified atom stereocenters. The van der Waals surface area contributed by atoms with E-state index in [0.29, 0.717) is 11.9 Å². The molecule has 8 heteroatoms. The standard InChI is InChI=1S/C12H19N5O2S/c13-15-12-7-11(3-5-14-12)20(18,19)16-9-4-6-17(8-9)10-1-2-10/h3,5,7,9-10,16H,1-2,4,6,8,13H2,(H,14,15). The van der Waals surface area contributed by atoms with E-state index in [-0.39, 0.29) is 10.9 Å². The average molecular weight is 297 g/mol. The van der Waals surface area contributed by atoms with Gasteiger partial charge in [0.05, 0.1) is 4.90 Å². The summed E-state index contributed by atoms with van der Waals surface area (Å²) in [4.78, 5) is 6.46. The number of rotatable bonds is 5. The molecule has 1 aromatic heterocycles. The molecule has 1 aromatic rings. The molecular weight excluding hydrogens is 278 g/mol. The Balaban J connectivity index is 1.68. The Kier molecular flexibility index (Phi) is 3.63. The number of sulfonamides is 1. The van der Waals surface area contributed by atoms with Crippen molar-refractivity contribution in [3.8, 4) is 0 Å². The molecule has 0 aromatic carbocycles. The van der Waals surface area contributed by atoms with Crippen LogP contribution in [0.5, 0.6) is 0 Å². The molecule has 1 atom stereocenters. The minimum atomic E-state index is -3.52. The fraction of sp³-hybridized carbons (Fsp3) is 0.583. The van der Waals surface area contributed by atoms with Gasteiger partial charge < -0.3 is 5.43 Å². The van der Waals surface area contributed by atoms with E-state index in [1.54, 1.807) is 0 Å². The van der Waals surface area contributed by atoms with Crippen LogP contribution in [-0.4, -0.2) is 43.5 Å². The summed E-state index contributed by atoms with van der Waals surface area (Å²) in [5.41, 5.74) is 2.35. The molecular formula is C12H19N5O2S. The van der Waals surface area contributed by atoms with Crippen molar-refractivity contribution < 1.29 is 8.42 Å². The number of nitrogens with zero attached hydrogens (tertiary/aromatic N) is 2. The van der Waals surface area contributed by atoms with Crippen LogP contribution < -0.4 is 16.0 Å². The first-order valence-electron chi connectivity index (χ1n) is 6.77. The minimum absolute atomic E-state index is 0.0111. The quantitative estimate of drug-likeness (QED) is 0.517. The van der Waals surface area contributed by atoms with Crippen LogP contribution in [0.15, 0.2) is 23.2 Å². The number of anilines is 1. The molecule has 20 heavy (non-hydrogen) atoms. The Hall–Kier alpha value is -1.22. The molecule has 0 radical (unpaired) electrons. The van der Waals surface area contributed by atoms with Crippen LogP contribution in [0.1, 0.15) is 19.3 Å². The summed E-state index contributed by atoms with van der Waals surface area (Å²) in [5, 5.41) is 0. The lowest BCUT2D eigenvalue weighted by Crippen LogP contribution is -2.37. The number of hydrogen-bond donors (Lipinski definition) is 3. The second kappa shape index (κ2) is 5.28. The van der Waals surface area contributed by atoms with Crippen molar-refractivity contribution in [2.24, 2.45) is 5.84 Å². The van der Waals surface area contributed by atoms with Crippen LogP contribution in [-0.2, 0) is 10.0 Å². The highest BCUT2D eigenvalue weighted by Crippen LogP contribution is 2.30. The van der Waals surface area contributed by atoms with Crippen molar-refractivity contribution in [2.45, 2.75) is 36.2 Å². The summed E-state index contributed by atoms with van der Waals surface area (Å²) >= 11 is 0. The first kappa shape index (κ1) is 13.7. The zero-order chi connectivity index (χ0) is 14.2. The molecule has 4 N–H and O–H groups in total. The van der Waals surface area contributed by atoms with E-state index in [1.807, 2.05) is 0 Å². The van der Waals surface area contributed by atoms with Crippen molar-refractivity contribution in [1.29, 1.82) is 0 Å². The van der Waals surface area contributed by atoms with E-state index in [2.05, 4.69) is 20.0 Å². The van der Waals surface area contributed by atoms with Crippen LogP contribution in [0.25, 0.3) is 0 Å². The maximum Gasteiger partial charge on any atom is 0.241 e. The van der Waals surface area contributed by atoms with Gasteiger partial charge in [-0.15, -0.1) is 0 Å². The Morgan fingerprint density at radius 1 is 1.35 bits per heavy atom. The van der Waals surface area contributed by atoms with Crippen molar-refractivity contribution in [3.63, 3.8) is 0 Å². The number of nitrogens with two attached hydrogens (primary N) is 1. The van der Waals surface area contributed by atoms with Crippen LogP contribution in [0.3, 0.4) is 0 Å². The molecule has 3 rings (SSSR count). The lowest BCUT2D eigenvalue weighted by molar-refractivity contribution is 0.322. The number of aromatic nitrogens is 1. The lowest BCUT2D eigenvalue weighted by Gasteiger charge is -2.16. The highest BCUT2D eigenvalue weighted by Gasteiger charge is 2.35. The van der Waals surface area contributed by atoms with Crippen LogP contribution in [0, 0.1) is 0 Å². The smallest absolute Gasteiger partial charge is 0.241 e. The molecule has 1 saturated heterocycles. The van der Waals surface area contributed by atoms with Gasteiger partial charge in [0.1, 0.15) is 5.82 Å². The van der Waals surface area contributed by atoms with Crippen molar-refractivity contribution in [1.82, 2.24) is 14.6 Å². The molecule has 2 heterocycles. The summed E-state index contributed by atoms with van der Waals surface area (Å²) < 4.78 is 27.4. The second-order valence-corrected chi connectivity index (χ2v) is 7.07. The van der Waals surface area contributed by atoms with Gasteiger partial charge in [-0.05, 0) is 25.3 Å². The zero-order valence-corrected chi connectivity index (χ0v) is 11.9. The number of hydrazine groups is 1. The van der Waals surface area contributed by atoms with Gasteiger partial charge in [0.25, 0.3) is 0 Å². The zero-order valence-electron chi connectivity index (χ0n) is 11.1. The predicted molar refractivity (Wildman–Crippen MR) is 75.4 cm³/mol. The van der Waals surface area contributed by atoms with Crippen molar-refractivity contribution >= 4 is 15.8 Å². The summed E-state index contributed by atoms with van der Waals surface area (Å²) in [7, 11) is -3.52. The number of likely N-dealkylation sites (tertiary alicyclic amines) is 1. The molecule has 2 aliphatic rings. The fourth-order valence-corrected chi connectivity index (χ4v) is 3.87. The Morgan fingerprint density at radius 2 is 2.15 bits per heavy atom. The van der Waals surface area contributed by atoms with Gasteiger partial charge in [0.15, 0.2) is 0 Å². The normalized spacial score (nSPS) is 23.9. The third kappa shape index (κ3) is 2.93. The molecule has 7 nitrogen and oxygen atoms in total. The first-order valence-corrected chi connectivity index (χ1v) is 8.26. The third-order valence-corrected chi connectivity index (χ3v) is 5.31. The van der Waals surface area contributed by atoms with Crippen LogP contribution in [0.2, 0.25) is 0 Å². The topological polar surface area (TPSA) is 100 Å². The first-order chi connectivity index (χ1) is 9.58. The number of nitrogen functional groups attached to an aromatic ring is 1. The fourth-order valence-electron chi connectivity index (χ4n) is 2.60. The number of nitrogens with one attached hydrogen (secondary N) is 2. The molecule has 110 valence electrons. The van der Waals surface area contributed by atoms with Gasteiger partial charge in [-0.3, -0.25) is 4.90 Å². The monoisotopic (exact) mass is 297 g/mol. The SMILES string of the molecule is NNc1cc(S(=O)(=O)NC2CCN(C3CC3)C2)ccn1. The highest BCUT2D eigenvalue weighted by atomic mass is 32.2. The van der Waals surface area contributed by atoms with Crippen LogP contribution >= 0.6 is 0 Å². The van der Waals surface area contributed by atoms with E-state index in [0.717, 1.165) is 19.5 Å². The molecule has 2 fully saturated rings. The summed E-state index contributed by atoms with van der Waals surface area (Å²) in [6, 6.07) is 3.56. The van der Waals surface area contributed by atoms with Gasteiger partial charge in [0, 0.05) is 37.4 Å². The van der Waals surface area contributed by atoms with Gasteiger partial charge in [0.2, 0.25) is 10.0 Å². The molecule has 0 spiro atoms. The van der Waals surface area contributed by atoms with E-state index in [9.17, 15) is 8.42 Å². The highest BCUT2D eigenvalue weighted by molar-refractivity contribution is 7.89.